The summed E-state index contributed by atoms with van der Waals surface area (Å²) in [5.41, 5.74) is 0. The molecule has 8 heteroatoms. The van der Waals surface area contributed by atoms with E-state index in [1.165, 1.54) is 11.4 Å². The van der Waals surface area contributed by atoms with Crippen molar-refractivity contribution in [1.82, 2.24) is 9.62 Å². The second-order valence-corrected chi connectivity index (χ2v) is 7.21. The molecule has 1 fully saturated rings. The summed E-state index contributed by atoms with van der Waals surface area (Å²) in [6, 6.07) is 0. The van der Waals surface area contributed by atoms with Gasteiger partial charge in [-0.2, -0.15) is 0 Å². The molecule has 0 bridgehead atoms. The highest BCUT2D eigenvalue weighted by Crippen LogP contribution is 2.20. The lowest BCUT2D eigenvalue weighted by atomic mass is 9.97. The molecule has 0 radical (unpaired) electrons. The highest BCUT2D eigenvalue weighted by Gasteiger charge is 2.30. The standard InChI is InChI=1S/C13H26N2O5S/c1-19-9-3-6-14-13(16)12-4-7-15(8-5-12)21(17,18)11-10-20-2/h12H,3-11H2,1-2H3,(H,14,16). The first kappa shape index (κ1) is 18.3. The van der Waals surface area contributed by atoms with E-state index in [0.717, 1.165) is 6.42 Å². The predicted octanol–water partition coefficient (Wildman–Crippen LogP) is -0.173. The molecule has 0 atom stereocenters. The SMILES string of the molecule is COCCCNC(=O)C1CCN(S(=O)(=O)CCOC)CC1. The van der Waals surface area contributed by atoms with Crippen LogP contribution in [0, 0.1) is 5.92 Å². The van der Waals surface area contributed by atoms with Crippen molar-refractivity contribution < 1.29 is 22.7 Å². The van der Waals surface area contributed by atoms with Crippen molar-refractivity contribution in [2.45, 2.75) is 19.3 Å². The lowest BCUT2D eigenvalue weighted by molar-refractivity contribution is -0.126. The molecule has 1 heterocycles. The van der Waals surface area contributed by atoms with Crippen LogP contribution in [0.1, 0.15) is 19.3 Å². The molecule has 1 aliphatic rings. The normalized spacial score (nSPS) is 17.8. The number of hydrogen-bond acceptors (Lipinski definition) is 5. The molecule has 0 aromatic heterocycles. The minimum atomic E-state index is -3.26. The molecule has 0 aliphatic carbocycles. The Morgan fingerprint density at radius 2 is 1.81 bits per heavy atom. The molecule has 0 unspecified atom stereocenters. The molecule has 21 heavy (non-hydrogen) atoms. The molecule has 124 valence electrons. The maximum absolute atomic E-state index is 12.0. The van der Waals surface area contributed by atoms with Gasteiger partial charge in [0.05, 0.1) is 12.4 Å². The van der Waals surface area contributed by atoms with Gasteiger partial charge in [0.1, 0.15) is 0 Å². The van der Waals surface area contributed by atoms with Gasteiger partial charge in [0, 0.05) is 46.4 Å². The fourth-order valence-corrected chi connectivity index (χ4v) is 3.69. The molecule has 0 aromatic rings. The van der Waals surface area contributed by atoms with Gasteiger partial charge in [-0.1, -0.05) is 0 Å². The topological polar surface area (TPSA) is 84.9 Å². The fourth-order valence-electron chi connectivity index (χ4n) is 2.29. The Hall–Kier alpha value is -0.700. The van der Waals surface area contributed by atoms with Gasteiger partial charge in [-0.15, -0.1) is 0 Å². The van der Waals surface area contributed by atoms with Crippen molar-refractivity contribution in [3.63, 3.8) is 0 Å². The predicted molar refractivity (Wildman–Crippen MR) is 79.5 cm³/mol. The van der Waals surface area contributed by atoms with Gasteiger partial charge >= 0.3 is 0 Å². The first-order valence-corrected chi connectivity index (χ1v) is 8.85. The van der Waals surface area contributed by atoms with Crippen molar-refractivity contribution in [2.75, 3.05) is 52.8 Å². The van der Waals surface area contributed by atoms with Crippen LogP contribution >= 0.6 is 0 Å². The van der Waals surface area contributed by atoms with Crippen molar-refractivity contribution in [2.24, 2.45) is 5.92 Å². The third-order valence-corrected chi connectivity index (χ3v) is 5.42. The first-order chi connectivity index (χ1) is 10.0. The first-order valence-electron chi connectivity index (χ1n) is 7.24. The second kappa shape index (κ2) is 9.34. The Kier molecular flexibility index (Phi) is 8.16. The van der Waals surface area contributed by atoms with E-state index in [0.29, 0.717) is 39.1 Å². The molecule has 1 saturated heterocycles. The van der Waals surface area contributed by atoms with E-state index in [9.17, 15) is 13.2 Å². The molecule has 0 saturated carbocycles. The van der Waals surface area contributed by atoms with E-state index in [2.05, 4.69) is 5.32 Å². The summed E-state index contributed by atoms with van der Waals surface area (Å²) in [6.07, 6.45) is 1.93. The van der Waals surface area contributed by atoms with E-state index in [1.807, 2.05) is 0 Å². The van der Waals surface area contributed by atoms with Gasteiger partial charge in [-0.25, -0.2) is 12.7 Å². The molecule has 1 amide bonds. The number of nitrogens with one attached hydrogen (secondary N) is 1. The zero-order valence-electron chi connectivity index (χ0n) is 12.8. The minimum Gasteiger partial charge on any atom is -0.385 e. The lowest BCUT2D eigenvalue weighted by Crippen LogP contribution is -2.44. The number of nitrogens with zero attached hydrogens (tertiary/aromatic N) is 1. The number of sulfonamides is 1. The van der Waals surface area contributed by atoms with Crippen LogP contribution in [0.5, 0.6) is 0 Å². The third-order valence-electron chi connectivity index (χ3n) is 3.59. The summed E-state index contributed by atoms with van der Waals surface area (Å²) in [6.45, 7) is 2.22. The zero-order valence-corrected chi connectivity index (χ0v) is 13.7. The summed E-state index contributed by atoms with van der Waals surface area (Å²) >= 11 is 0. The molecule has 1 aliphatic heterocycles. The molecule has 0 aromatic carbocycles. The van der Waals surface area contributed by atoms with E-state index < -0.39 is 10.0 Å². The summed E-state index contributed by atoms with van der Waals surface area (Å²) in [4.78, 5) is 11.9. The van der Waals surface area contributed by atoms with Gasteiger partial charge in [-0.05, 0) is 19.3 Å². The average molecular weight is 322 g/mol. The Labute approximate surface area is 127 Å². The summed E-state index contributed by atoms with van der Waals surface area (Å²) < 4.78 is 35.2. The molecular formula is C13H26N2O5S. The highest BCUT2D eigenvalue weighted by molar-refractivity contribution is 7.89. The van der Waals surface area contributed by atoms with Gasteiger partial charge in [0.2, 0.25) is 15.9 Å². The number of carbonyl (C=O) groups is 1. The fraction of sp³-hybridized carbons (Fsp3) is 0.923. The monoisotopic (exact) mass is 322 g/mol. The molecule has 7 nitrogen and oxygen atoms in total. The van der Waals surface area contributed by atoms with Gasteiger partial charge in [-0.3, -0.25) is 4.79 Å². The van der Waals surface area contributed by atoms with Crippen LogP contribution in [0.4, 0.5) is 0 Å². The second-order valence-electron chi connectivity index (χ2n) is 5.12. The van der Waals surface area contributed by atoms with Crippen LogP contribution in [0.2, 0.25) is 0 Å². The van der Waals surface area contributed by atoms with E-state index in [4.69, 9.17) is 9.47 Å². The van der Waals surface area contributed by atoms with Gasteiger partial charge < -0.3 is 14.8 Å². The zero-order chi connectivity index (χ0) is 15.7. The van der Waals surface area contributed by atoms with Crippen LogP contribution < -0.4 is 5.32 Å². The Morgan fingerprint density at radius 1 is 1.19 bits per heavy atom. The number of rotatable bonds is 9. The Bertz CT molecular complexity index is 405. The van der Waals surface area contributed by atoms with Crippen LogP contribution in [0.25, 0.3) is 0 Å². The molecule has 1 N–H and O–H groups in total. The maximum atomic E-state index is 12.0. The number of piperidine rings is 1. The van der Waals surface area contributed by atoms with Crippen molar-refractivity contribution in [1.29, 1.82) is 0 Å². The Balaban J connectivity index is 2.32. The number of amides is 1. The Morgan fingerprint density at radius 3 is 2.38 bits per heavy atom. The number of ether oxygens (including phenoxy) is 2. The van der Waals surface area contributed by atoms with Gasteiger partial charge in [0.15, 0.2) is 0 Å². The van der Waals surface area contributed by atoms with Crippen LogP contribution in [0.15, 0.2) is 0 Å². The quantitative estimate of drug-likeness (QED) is 0.596. The third kappa shape index (κ3) is 6.29. The van der Waals surface area contributed by atoms with E-state index in [1.54, 1.807) is 7.11 Å². The molecular weight excluding hydrogens is 296 g/mol. The molecule has 0 spiro atoms. The van der Waals surface area contributed by atoms with Crippen LogP contribution in [-0.2, 0) is 24.3 Å². The summed E-state index contributed by atoms with van der Waals surface area (Å²) in [5, 5.41) is 2.87. The van der Waals surface area contributed by atoms with E-state index in [-0.39, 0.29) is 24.2 Å². The van der Waals surface area contributed by atoms with E-state index >= 15 is 0 Å². The summed E-state index contributed by atoms with van der Waals surface area (Å²) in [7, 11) is -0.150. The van der Waals surface area contributed by atoms with Crippen molar-refractivity contribution >= 4 is 15.9 Å². The largest absolute Gasteiger partial charge is 0.385 e. The average Bonchev–Trinajstić information content (AvgIpc) is 2.49. The number of hydrogen-bond donors (Lipinski definition) is 1. The minimum absolute atomic E-state index is 0.00260. The van der Waals surface area contributed by atoms with Crippen LogP contribution in [-0.4, -0.2) is 71.5 Å². The lowest BCUT2D eigenvalue weighted by Gasteiger charge is -2.30. The number of methoxy groups -OCH3 is 2. The smallest absolute Gasteiger partial charge is 0.223 e. The maximum Gasteiger partial charge on any atom is 0.223 e. The highest BCUT2D eigenvalue weighted by atomic mass is 32.2. The van der Waals surface area contributed by atoms with Crippen molar-refractivity contribution in [3.05, 3.63) is 0 Å². The van der Waals surface area contributed by atoms with Gasteiger partial charge in [0.25, 0.3) is 0 Å². The molecule has 1 rings (SSSR count). The van der Waals surface area contributed by atoms with Crippen LogP contribution in [0.3, 0.4) is 0 Å². The summed E-state index contributed by atoms with van der Waals surface area (Å²) in [5.74, 6) is -0.0846. The number of carbonyl (C=O) groups excluding carboxylic acids is 1. The van der Waals surface area contributed by atoms with Crippen molar-refractivity contribution in [3.8, 4) is 0 Å².